The lowest BCUT2D eigenvalue weighted by molar-refractivity contribution is 0.578. The van der Waals surface area contributed by atoms with Crippen LogP contribution in [0.2, 0.25) is 5.02 Å². The summed E-state index contributed by atoms with van der Waals surface area (Å²) < 4.78 is 5.83. The van der Waals surface area contributed by atoms with E-state index in [1.54, 1.807) is 0 Å². The van der Waals surface area contributed by atoms with Crippen molar-refractivity contribution in [1.82, 2.24) is 0 Å². The zero-order chi connectivity index (χ0) is 11.8. The van der Waals surface area contributed by atoms with E-state index in [1.165, 1.54) is 0 Å². The highest BCUT2D eigenvalue weighted by Crippen LogP contribution is 2.31. The van der Waals surface area contributed by atoms with Gasteiger partial charge in [0.25, 0.3) is 0 Å². The monoisotopic (exact) mass is 250 g/mol. The third-order valence-corrected chi connectivity index (χ3v) is 3.63. The Bertz CT molecular complexity index is 537. The van der Waals surface area contributed by atoms with Crippen molar-refractivity contribution in [2.24, 2.45) is 11.7 Å². The molecule has 1 atom stereocenters. The Hall–Kier alpha value is -1.19. The molecule has 17 heavy (non-hydrogen) atoms. The van der Waals surface area contributed by atoms with E-state index in [9.17, 15) is 0 Å². The molecule has 1 unspecified atom stereocenters. The third kappa shape index (κ3) is 2.01. The van der Waals surface area contributed by atoms with Gasteiger partial charge in [-0.1, -0.05) is 11.6 Å². The zero-order valence-corrected chi connectivity index (χ0v) is 10.3. The Labute approximate surface area is 105 Å². The molecular weight excluding hydrogens is 236 g/mol. The van der Waals surface area contributed by atoms with Crippen molar-refractivity contribution in [2.75, 3.05) is 24.5 Å². The number of nitrogens with two attached hydrogens (primary N) is 1. The fourth-order valence-electron chi connectivity index (χ4n) is 2.38. The van der Waals surface area contributed by atoms with Crippen molar-refractivity contribution >= 4 is 28.5 Å². The molecule has 0 radical (unpaired) electrons. The van der Waals surface area contributed by atoms with Crippen LogP contribution in [-0.4, -0.2) is 19.6 Å². The molecule has 1 aromatic carbocycles. The normalized spacial score (nSPS) is 20.4. The van der Waals surface area contributed by atoms with E-state index in [4.69, 9.17) is 21.8 Å². The molecule has 2 aromatic rings. The van der Waals surface area contributed by atoms with Crippen LogP contribution in [0.1, 0.15) is 6.42 Å². The summed E-state index contributed by atoms with van der Waals surface area (Å²) in [5.74, 6) is 1.52. The summed E-state index contributed by atoms with van der Waals surface area (Å²) >= 11 is 5.96. The third-order valence-electron chi connectivity index (χ3n) is 3.40. The molecule has 1 aromatic heterocycles. The number of furan rings is 1. The Morgan fingerprint density at radius 1 is 1.41 bits per heavy atom. The molecule has 1 aliphatic rings. The molecule has 2 heterocycles. The molecule has 3 nitrogen and oxygen atoms in total. The quantitative estimate of drug-likeness (QED) is 0.891. The Kier molecular flexibility index (Phi) is 2.73. The number of halogens is 1. The van der Waals surface area contributed by atoms with E-state index in [1.807, 2.05) is 18.2 Å². The lowest BCUT2D eigenvalue weighted by Crippen LogP contribution is -2.22. The smallest absolute Gasteiger partial charge is 0.196 e. The van der Waals surface area contributed by atoms with E-state index >= 15 is 0 Å². The predicted octanol–water partition coefficient (Wildman–Crippen LogP) is 2.87. The van der Waals surface area contributed by atoms with Crippen LogP contribution >= 0.6 is 11.6 Å². The second-order valence-corrected chi connectivity index (χ2v) is 5.04. The minimum atomic E-state index is 0.590. The van der Waals surface area contributed by atoms with Gasteiger partial charge in [-0.05, 0) is 37.1 Å². The molecule has 4 heteroatoms. The van der Waals surface area contributed by atoms with E-state index in [0.29, 0.717) is 5.92 Å². The lowest BCUT2D eigenvalue weighted by atomic mass is 10.1. The number of hydrogen-bond donors (Lipinski definition) is 1. The molecule has 90 valence electrons. The van der Waals surface area contributed by atoms with Crippen molar-refractivity contribution in [3.63, 3.8) is 0 Å². The predicted molar refractivity (Wildman–Crippen MR) is 70.6 cm³/mol. The van der Waals surface area contributed by atoms with Gasteiger partial charge in [0.2, 0.25) is 0 Å². The summed E-state index contributed by atoms with van der Waals surface area (Å²) in [6, 6.07) is 7.75. The molecular formula is C13H15ClN2O. The van der Waals surface area contributed by atoms with Gasteiger partial charge in [0.05, 0.1) is 0 Å². The van der Waals surface area contributed by atoms with Crippen molar-refractivity contribution < 1.29 is 4.42 Å². The van der Waals surface area contributed by atoms with E-state index < -0.39 is 0 Å². The number of hydrogen-bond acceptors (Lipinski definition) is 3. The van der Waals surface area contributed by atoms with Gasteiger partial charge in [-0.3, -0.25) is 0 Å². The summed E-state index contributed by atoms with van der Waals surface area (Å²) in [5, 5.41) is 1.80. The van der Waals surface area contributed by atoms with Crippen LogP contribution in [0.3, 0.4) is 0 Å². The molecule has 2 N–H and O–H groups in total. The van der Waals surface area contributed by atoms with Crippen LogP contribution < -0.4 is 10.6 Å². The average molecular weight is 251 g/mol. The van der Waals surface area contributed by atoms with Crippen LogP contribution in [0.4, 0.5) is 5.88 Å². The maximum atomic E-state index is 5.96. The summed E-state index contributed by atoms with van der Waals surface area (Å²) in [7, 11) is 0. The summed E-state index contributed by atoms with van der Waals surface area (Å²) in [6.45, 7) is 2.77. The van der Waals surface area contributed by atoms with Gasteiger partial charge in [-0.2, -0.15) is 0 Å². The molecule has 0 amide bonds. The van der Waals surface area contributed by atoms with Crippen LogP contribution in [0, 0.1) is 5.92 Å². The first-order valence-corrected chi connectivity index (χ1v) is 6.28. The summed E-state index contributed by atoms with van der Waals surface area (Å²) in [6.07, 6.45) is 1.15. The summed E-state index contributed by atoms with van der Waals surface area (Å²) in [5.41, 5.74) is 6.58. The van der Waals surface area contributed by atoms with Gasteiger partial charge in [-0.25, -0.2) is 0 Å². The summed E-state index contributed by atoms with van der Waals surface area (Å²) in [4.78, 5) is 2.26. The van der Waals surface area contributed by atoms with Crippen LogP contribution in [-0.2, 0) is 0 Å². The SMILES string of the molecule is NCC1CCN(c2cc3cc(Cl)ccc3o2)C1. The molecule has 1 fully saturated rings. The molecule has 0 bridgehead atoms. The second kappa shape index (κ2) is 4.24. The average Bonchev–Trinajstić information content (AvgIpc) is 2.93. The highest BCUT2D eigenvalue weighted by molar-refractivity contribution is 6.31. The maximum Gasteiger partial charge on any atom is 0.196 e. The van der Waals surface area contributed by atoms with Crippen molar-refractivity contribution in [1.29, 1.82) is 0 Å². The standard InChI is InChI=1S/C13H15ClN2O/c14-11-1-2-12-10(5-11)6-13(17-12)16-4-3-9(7-15)8-16/h1-2,5-6,9H,3-4,7-8,15H2. The fraction of sp³-hybridized carbons (Fsp3) is 0.385. The molecule has 3 rings (SSSR count). The molecule has 0 aliphatic carbocycles. The van der Waals surface area contributed by atoms with Crippen LogP contribution in [0.15, 0.2) is 28.7 Å². The van der Waals surface area contributed by atoms with Crippen LogP contribution in [0.25, 0.3) is 11.0 Å². The lowest BCUT2D eigenvalue weighted by Gasteiger charge is -2.13. The maximum absolute atomic E-state index is 5.96. The van der Waals surface area contributed by atoms with Crippen molar-refractivity contribution in [3.05, 3.63) is 29.3 Å². The largest absolute Gasteiger partial charge is 0.441 e. The minimum absolute atomic E-state index is 0.590. The van der Waals surface area contributed by atoms with Gasteiger partial charge in [0.1, 0.15) is 5.58 Å². The zero-order valence-electron chi connectivity index (χ0n) is 9.53. The number of rotatable bonds is 2. The topological polar surface area (TPSA) is 42.4 Å². The number of anilines is 1. The van der Waals surface area contributed by atoms with E-state index in [0.717, 1.165) is 47.9 Å². The van der Waals surface area contributed by atoms with Gasteiger partial charge in [0.15, 0.2) is 5.88 Å². The first-order valence-electron chi connectivity index (χ1n) is 5.90. The molecule has 0 saturated carbocycles. The molecule has 1 aliphatic heterocycles. The molecule has 1 saturated heterocycles. The fourth-order valence-corrected chi connectivity index (χ4v) is 2.56. The minimum Gasteiger partial charge on any atom is -0.441 e. The number of fused-ring (bicyclic) bond motifs is 1. The highest BCUT2D eigenvalue weighted by atomic mass is 35.5. The second-order valence-electron chi connectivity index (χ2n) is 4.60. The van der Waals surface area contributed by atoms with Gasteiger partial charge in [-0.15, -0.1) is 0 Å². The van der Waals surface area contributed by atoms with E-state index in [2.05, 4.69) is 11.0 Å². The molecule has 0 spiro atoms. The first-order chi connectivity index (χ1) is 8.26. The Balaban J connectivity index is 1.91. The van der Waals surface area contributed by atoms with Gasteiger partial charge < -0.3 is 15.1 Å². The Morgan fingerprint density at radius 2 is 2.29 bits per heavy atom. The van der Waals surface area contributed by atoms with Crippen molar-refractivity contribution in [2.45, 2.75) is 6.42 Å². The van der Waals surface area contributed by atoms with Gasteiger partial charge >= 0.3 is 0 Å². The van der Waals surface area contributed by atoms with Crippen molar-refractivity contribution in [3.8, 4) is 0 Å². The first kappa shape index (κ1) is 10.9. The number of nitrogens with zero attached hydrogens (tertiary/aromatic N) is 1. The Morgan fingerprint density at radius 3 is 3.06 bits per heavy atom. The van der Waals surface area contributed by atoms with Crippen LogP contribution in [0.5, 0.6) is 0 Å². The van der Waals surface area contributed by atoms with Gasteiger partial charge in [0, 0.05) is 29.6 Å². The highest BCUT2D eigenvalue weighted by Gasteiger charge is 2.23. The van der Waals surface area contributed by atoms with E-state index in [-0.39, 0.29) is 0 Å². The number of benzene rings is 1.